The van der Waals surface area contributed by atoms with Crippen LogP contribution in [-0.4, -0.2) is 34.1 Å². The van der Waals surface area contributed by atoms with E-state index in [0.29, 0.717) is 16.7 Å². The Morgan fingerprint density at radius 1 is 0.917 bits per heavy atom. The molecule has 2 amide bonds. The summed E-state index contributed by atoms with van der Waals surface area (Å²) in [5, 5.41) is 9.92. The first kappa shape index (κ1) is 15.7. The number of carbonyl (C=O) groups is 3. The first-order chi connectivity index (χ1) is 11.6. The van der Waals surface area contributed by atoms with E-state index in [9.17, 15) is 19.5 Å². The van der Waals surface area contributed by atoms with Crippen LogP contribution in [-0.2, 0) is 4.79 Å². The molecule has 0 fully saturated rings. The van der Waals surface area contributed by atoms with Gasteiger partial charge in [0.05, 0.1) is 11.1 Å². The maximum Gasteiger partial charge on any atom is 0.261 e. The fourth-order valence-corrected chi connectivity index (χ4v) is 2.58. The summed E-state index contributed by atoms with van der Waals surface area (Å²) in [7, 11) is 0. The second kappa shape index (κ2) is 6.50. The number of fused-ring (bicyclic) bond motifs is 1. The van der Waals surface area contributed by atoms with Crippen molar-refractivity contribution >= 4 is 23.4 Å². The molecule has 1 aliphatic heterocycles. The van der Waals surface area contributed by atoms with Gasteiger partial charge in [-0.3, -0.25) is 19.3 Å². The van der Waals surface area contributed by atoms with Crippen LogP contribution in [0.1, 0.15) is 32.7 Å². The van der Waals surface area contributed by atoms with E-state index in [1.54, 1.807) is 54.6 Å². The number of amides is 2. The molecule has 5 heteroatoms. The zero-order chi connectivity index (χ0) is 17.1. The third-order valence-corrected chi connectivity index (χ3v) is 3.83. The molecule has 0 bridgehead atoms. The SMILES string of the molecule is O=C(/C=C(\O)c1ccccc1)CCN1C(=O)c2ccccc2C1=O. The Morgan fingerprint density at radius 3 is 2.04 bits per heavy atom. The molecule has 0 aromatic heterocycles. The highest BCUT2D eigenvalue weighted by Crippen LogP contribution is 2.22. The average molecular weight is 321 g/mol. The molecule has 0 spiro atoms. The topological polar surface area (TPSA) is 74.7 Å². The number of benzene rings is 2. The van der Waals surface area contributed by atoms with E-state index in [2.05, 4.69) is 0 Å². The van der Waals surface area contributed by atoms with Crippen molar-refractivity contribution in [1.29, 1.82) is 0 Å². The molecule has 24 heavy (non-hydrogen) atoms. The van der Waals surface area contributed by atoms with Crippen molar-refractivity contribution in [3.8, 4) is 0 Å². The predicted octanol–water partition coefficient (Wildman–Crippen LogP) is 2.84. The molecule has 120 valence electrons. The van der Waals surface area contributed by atoms with Gasteiger partial charge in [0.15, 0.2) is 5.78 Å². The lowest BCUT2D eigenvalue weighted by Crippen LogP contribution is -2.31. The molecule has 2 aromatic carbocycles. The predicted molar refractivity (Wildman–Crippen MR) is 88.5 cm³/mol. The number of aliphatic hydroxyl groups is 1. The molecular weight excluding hydrogens is 306 g/mol. The molecule has 5 nitrogen and oxygen atoms in total. The number of imide groups is 1. The summed E-state index contributed by atoms with van der Waals surface area (Å²) >= 11 is 0. The average Bonchev–Trinajstić information content (AvgIpc) is 2.85. The Bertz CT molecular complexity index is 804. The second-order valence-electron chi connectivity index (χ2n) is 5.42. The van der Waals surface area contributed by atoms with E-state index in [1.807, 2.05) is 0 Å². The number of carbonyl (C=O) groups excluding carboxylic acids is 3. The largest absolute Gasteiger partial charge is 0.507 e. The third-order valence-electron chi connectivity index (χ3n) is 3.83. The molecule has 0 atom stereocenters. The number of allylic oxidation sites excluding steroid dienone is 1. The van der Waals surface area contributed by atoms with Crippen LogP contribution in [0.15, 0.2) is 60.7 Å². The van der Waals surface area contributed by atoms with E-state index in [4.69, 9.17) is 0 Å². The van der Waals surface area contributed by atoms with Crippen LogP contribution in [0.3, 0.4) is 0 Å². The van der Waals surface area contributed by atoms with E-state index < -0.39 is 0 Å². The Balaban J connectivity index is 1.66. The summed E-state index contributed by atoms with van der Waals surface area (Å²) in [4.78, 5) is 37.4. The molecule has 0 unspecified atom stereocenters. The fourth-order valence-electron chi connectivity index (χ4n) is 2.58. The van der Waals surface area contributed by atoms with Crippen molar-refractivity contribution in [2.75, 3.05) is 6.54 Å². The normalized spacial score (nSPS) is 14.0. The van der Waals surface area contributed by atoms with E-state index >= 15 is 0 Å². The summed E-state index contributed by atoms with van der Waals surface area (Å²) in [6.45, 7) is -0.0102. The first-order valence-corrected chi connectivity index (χ1v) is 7.52. The fraction of sp³-hybridized carbons (Fsp3) is 0.105. The number of hydrogen-bond donors (Lipinski definition) is 1. The van der Waals surface area contributed by atoms with Crippen LogP contribution in [0.25, 0.3) is 5.76 Å². The molecule has 1 aliphatic rings. The van der Waals surface area contributed by atoms with Gasteiger partial charge in [-0.15, -0.1) is 0 Å². The van der Waals surface area contributed by atoms with Crippen molar-refractivity contribution in [3.63, 3.8) is 0 Å². The van der Waals surface area contributed by atoms with Crippen molar-refractivity contribution in [3.05, 3.63) is 77.4 Å². The summed E-state index contributed by atoms with van der Waals surface area (Å²) in [5.41, 5.74) is 1.25. The van der Waals surface area contributed by atoms with Gasteiger partial charge in [-0.1, -0.05) is 42.5 Å². The van der Waals surface area contributed by atoms with Crippen LogP contribution in [0, 0.1) is 0 Å². The van der Waals surface area contributed by atoms with Gasteiger partial charge in [0, 0.05) is 24.6 Å². The van der Waals surface area contributed by atoms with Crippen molar-refractivity contribution in [1.82, 2.24) is 4.90 Å². The quantitative estimate of drug-likeness (QED) is 0.522. The van der Waals surface area contributed by atoms with E-state index in [-0.39, 0.29) is 36.3 Å². The summed E-state index contributed by atoms with van der Waals surface area (Å²) in [5.74, 6) is -1.27. The van der Waals surface area contributed by atoms with Crippen LogP contribution >= 0.6 is 0 Å². The molecule has 1 heterocycles. The highest BCUT2D eigenvalue weighted by atomic mass is 16.3. The molecule has 0 radical (unpaired) electrons. The smallest absolute Gasteiger partial charge is 0.261 e. The second-order valence-corrected chi connectivity index (χ2v) is 5.42. The number of rotatable bonds is 5. The van der Waals surface area contributed by atoms with Gasteiger partial charge in [-0.25, -0.2) is 0 Å². The van der Waals surface area contributed by atoms with Crippen molar-refractivity contribution in [2.45, 2.75) is 6.42 Å². The maximum atomic E-state index is 12.2. The van der Waals surface area contributed by atoms with Gasteiger partial charge in [0.1, 0.15) is 5.76 Å². The highest BCUT2D eigenvalue weighted by molar-refractivity contribution is 6.21. The summed E-state index contributed by atoms with van der Waals surface area (Å²) in [6, 6.07) is 15.3. The minimum absolute atomic E-state index is 0.0102. The highest BCUT2D eigenvalue weighted by Gasteiger charge is 2.34. The number of ketones is 1. The molecular formula is C19H15NO4. The minimum Gasteiger partial charge on any atom is -0.507 e. The molecule has 0 saturated carbocycles. The monoisotopic (exact) mass is 321 g/mol. The maximum absolute atomic E-state index is 12.2. The number of hydrogen-bond acceptors (Lipinski definition) is 4. The van der Waals surface area contributed by atoms with Gasteiger partial charge in [-0.2, -0.15) is 0 Å². The molecule has 2 aromatic rings. The lowest BCUT2D eigenvalue weighted by molar-refractivity contribution is -0.114. The zero-order valence-corrected chi connectivity index (χ0v) is 12.8. The van der Waals surface area contributed by atoms with Crippen LogP contribution in [0.2, 0.25) is 0 Å². The van der Waals surface area contributed by atoms with Crippen LogP contribution < -0.4 is 0 Å². The van der Waals surface area contributed by atoms with Gasteiger partial charge in [0.25, 0.3) is 11.8 Å². The van der Waals surface area contributed by atoms with Crippen LogP contribution in [0.5, 0.6) is 0 Å². The van der Waals surface area contributed by atoms with Gasteiger partial charge in [-0.05, 0) is 12.1 Å². The van der Waals surface area contributed by atoms with Gasteiger partial charge in [0.2, 0.25) is 0 Å². The Labute approximate surface area is 138 Å². The van der Waals surface area contributed by atoms with Gasteiger partial charge < -0.3 is 5.11 Å². The Morgan fingerprint density at radius 2 is 1.46 bits per heavy atom. The summed E-state index contributed by atoms with van der Waals surface area (Å²) < 4.78 is 0. The van der Waals surface area contributed by atoms with E-state index in [1.165, 1.54) is 0 Å². The van der Waals surface area contributed by atoms with Crippen LogP contribution in [0.4, 0.5) is 0 Å². The third kappa shape index (κ3) is 2.96. The lowest BCUT2D eigenvalue weighted by Gasteiger charge is -2.12. The first-order valence-electron chi connectivity index (χ1n) is 7.52. The Hall–Kier alpha value is -3.21. The minimum atomic E-state index is -0.389. The van der Waals surface area contributed by atoms with E-state index in [0.717, 1.165) is 11.0 Å². The Kier molecular flexibility index (Phi) is 4.24. The molecule has 0 saturated heterocycles. The molecule has 1 N–H and O–H groups in total. The summed E-state index contributed by atoms with van der Waals surface area (Å²) in [6.07, 6.45) is 1.08. The lowest BCUT2D eigenvalue weighted by atomic mass is 10.1. The molecule has 0 aliphatic carbocycles. The number of nitrogens with zero attached hydrogens (tertiary/aromatic N) is 1. The molecule has 3 rings (SSSR count). The number of aliphatic hydroxyl groups excluding tert-OH is 1. The van der Waals surface area contributed by atoms with Crippen molar-refractivity contribution in [2.24, 2.45) is 0 Å². The van der Waals surface area contributed by atoms with Gasteiger partial charge >= 0.3 is 0 Å². The zero-order valence-electron chi connectivity index (χ0n) is 12.8. The standard InChI is InChI=1S/C19H15NO4/c21-14(12-17(22)13-6-2-1-3-7-13)10-11-20-18(23)15-8-4-5-9-16(15)19(20)24/h1-9,12,22H,10-11H2/b17-12-. The van der Waals surface area contributed by atoms with Crippen molar-refractivity contribution < 1.29 is 19.5 Å².